The van der Waals surface area contributed by atoms with Crippen LogP contribution in [0.25, 0.3) is 11.5 Å². The number of hydrogen-bond acceptors (Lipinski definition) is 7. The van der Waals surface area contributed by atoms with Crippen LogP contribution in [0.3, 0.4) is 0 Å². The minimum absolute atomic E-state index is 0.0304. The summed E-state index contributed by atoms with van der Waals surface area (Å²) in [6, 6.07) is 11.6. The molecule has 8 heteroatoms. The number of hydrogen-bond donors (Lipinski definition) is 0. The Balaban J connectivity index is 1.64. The summed E-state index contributed by atoms with van der Waals surface area (Å²) >= 11 is 0. The summed E-state index contributed by atoms with van der Waals surface area (Å²) in [5.41, 5.74) is 3.66. The van der Waals surface area contributed by atoms with E-state index in [2.05, 4.69) is 10.2 Å². The van der Waals surface area contributed by atoms with Gasteiger partial charge in [-0.3, -0.25) is 14.9 Å². The summed E-state index contributed by atoms with van der Waals surface area (Å²) in [6.45, 7) is 5.65. The van der Waals surface area contributed by atoms with E-state index in [0.717, 1.165) is 16.7 Å². The summed E-state index contributed by atoms with van der Waals surface area (Å²) < 4.78 is 10.9. The van der Waals surface area contributed by atoms with Crippen molar-refractivity contribution in [3.8, 4) is 11.5 Å². The van der Waals surface area contributed by atoms with E-state index in [0.29, 0.717) is 5.56 Å². The Bertz CT molecular complexity index is 1010. The molecule has 0 unspecified atom stereocenters. The molecule has 0 aliphatic rings. The smallest absolute Gasteiger partial charge is 0.311 e. The number of carbonyl (C=O) groups is 1. The normalized spacial score (nSPS) is 11.8. The second-order valence-electron chi connectivity index (χ2n) is 6.48. The number of non-ortho nitro benzene ring substituents is 1. The second kappa shape index (κ2) is 7.99. The molecule has 0 radical (unpaired) electrons. The zero-order chi connectivity index (χ0) is 20.3. The number of nitro benzene ring substituents is 1. The Morgan fingerprint density at radius 1 is 1.14 bits per heavy atom. The molecule has 1 atom stereocenters. The lowest BCUT2D eigenvalue weighted by molar-refractivity contribution is -0.384. The van der Waals surface area contributed by atoms with Crippen LogP contribution in [-0.2, 0) is 16.0 Å². The van der Waals surface area contributed by atoms with Gasteiger partial charge in [0, 0.05) is 17.7 Å². The molecule has 0 fully saturated rings. The maximum atomic E-state index is 12.2. The molecule has 0 saturated carbocycles. The predicted octanol–water partition coefficient (Wildman–Crippen LogP) is 4.11. The third-order valence-corrected chi connectivity index (χ3v) is 4.34. The van der Waals surface area contributed by atoms with Crippen LogP contribution >= 0.6 is 0 Å². The Labute approximate surface area is 161 Å². The molecule has 0 aliphatic heterocycles. The number of esters is 1. The lowest BCUT2D eigenvalue weighted by Gasteiger charge is -2.10. The van der Waals surface area contributed by atoms with Gasteiger partial charge in [-0.15, -0.1) is 10.2 Å². The number of nitro groups is 1. The van der Waals surface area contributed by atoms with Crippen LogP contribution in [0.4, 0.5) is 5.69 Å². The van der Waals surface area contributed by atoms with E-state index in [1.54, 1.807) is 6.92 Å². The molecule has 0 spiro atoms. The van der Waals surface area contributed by atoms with Gasteiger partial charge in [0.1, 0.15) is 0 Å². The third-order valence-electron chi connectivity index (χ3n) is 4.34. The van der Waals surface area contributed by atoms with Gasteiger partial charge >= 0.3 is 5.97 Å². The van der Waals surface area contributed by atoms with Crippen LogP contribution in [0.15, 0.2) is 46.9 Å². The number of ether oxygens (including phenoxy) is 1. The maximum Gasteiger partial charge on any atom is 0.311 e. The van der Waals surface area contributed by atoms with Gasteiger partial charge in [0.2, 0.25) is 5.89 Å². The third kappa shape index (κ3) is 4.40. The number of benzene rings is 2. The molecule has 0 amide bonds. The van der Waals surface area contributed by atoms with Crippen molar-refractivity contribution in [2.24, 2.45) is 0 Å². The molecular weight excluding hydrogens is 362 g/mol. The molecule has 3 rings (SSSR count). The first kappa shape index (κ1) is 19.2. The fourth-order valence-electron chi connectivity index (χ4n) is 2.61. The summed E-state index contributed by atoms with van der Waals surface area (Å²) in [5, 5.41) is 18.5. The minimum Gasteiger partial charge on any atom is -0.452 e. The van der Waals surface area contributed by atoms with E-state index in [1.165, 1.54) is 24.3 Å². The first-order valence-electron chi connectivity index (χ1n) is 8.67. The fourth-order valence-corrected chi connectivity index (χ4v) is 2.61. The summed E-state index contributed by atoms with van der Waals surface area (Å²) in [4.78, 5) is 22.4. The van der Waals surface area contributed by atoms with Crippen LogP contribution in [0.2, 0.25) is 0 Å². The lowest BCUT2D eigenvalue weighted by atomic mass is 10.0. The topological polar surface area (TPSA) is 108 Å². The molecule has 0 N–H and O–H groups in total. The predicted molar refractivity (Wildman–Crippen MR) is 101 cm³/mol. The van der Waals surface area contributed by atoms with Crippen molar-refractivity contribution in [1.82, 2.24) is 10.2 Å². The quantitative estimate of drug-likeness (QED) is 0.359. The van der Waals surface area contributed by atoms with Crippen molar-refractivity contribution in [2.75, 3.05) is 0 Å². The van der Waals surface area contributed by atoms with Crippen LogP contribution in [0.1, 0.15) is 35.6 Å². The molecule has 0 saturated heterocycles. The van der Waals surface area contributed by atoms with Crippen molar-refractivity contribution in [3.63, 3.8) is 0 Å². The highest BCUT2D eigenvalue weighted by molar-refractivity contribution is 5.73. The van der Waals surface area contributed by atoms with Gasteiger partial charge in [-0.05, 0) is 49.6 Å². The average molecular weight is 381 g/mol. The van der Waals surface area contributed by atoms with Crippen molar-refractivity contribution in [3.05, 3.63) is 75.2 Å². The van der Waals surface area contributed by atoms with Crippen LogP contribution in [0, 0.1) is 24.0 Å². The lowest BCUT2D eigenvalue weighted by Crippen LogP contribution is -2.12. The van der Waals surface area contributed by atoms with Gasteiger partial charge in [0.05, 0.1) is 11.3 Å². The Kier molecular flexibility index (Phi) is 5.49. The standard InChI is InChI=1S/C20H19N3O5/c1-12-4-5-15(10-13(12)2)11-18(24)27-14(3)19-21-22-20(28-19)16-6-8-17(9-7-16)23(25)26/h4-10,14H,11H2,1-3H3/t14-/m1/s1. The molecule has 0 aliphatic carbocycles. The number of rotatable bonds is 6. The maximum absolute atomic E-state index is 12.2. The average Bonchev–Trinajstić information content (AvgIpc) is 3.15. The van der Waals surface area contributed by atoms with Crippen molar-refractivity contribution >= 4 is 11.7 Å². The largest absolute Gasteiger partial charge is 0.452 e. The van der Waals surface area contributed by atoms with E-state index >= 15 is 0 Å². The molecule has 0 bridgehead atoms. The summed E-state index contributed by atoms with van der Waals surface area (Å²) in [6.07, 6.45) is -0.562. The van der Waals surface area contributed by atoms with Crippen molar-refractivity contribution < 1.29 is 18.9 Å². The van der Waals surface area contributed by atoms with E-state index < -0.39 is 17.0 Å². The van der Waals surface area contributed by atoms with Crippen molar-refractivity contribution in [1.29, 1.82) is 0 Å². The molecule has 2 aromatic carbocycles. The first-order chi connectivity index (χ1) is 13.3. The van der Waals surface area contributed by atoms with E-state index in [1.807, 2.05) is 32.0 Å². The fraction of sp³-hybridized carbons (Fsp3) is 0.250. The first-order valence-corrected chi connectivity index (χ1v) is 8.67. The van der Waals surface area contributed by atoms with Gasteiger partial charge in [-0.1, -0.05) is 18.2 Å². The zero-order valence-corrected chi connectivity index (χ0v) is 15.7. The highest BCUT2D eigenvalue weighted by Crippen LogP contribution is 2.24. The highest BCUT2D eigenvalue weighted by atomic mass is 16.6. The molecular formula is C20H19N3O5. The highest BCUT2D eigenvalue weighted by Gasteiger charge is 2.19. The summed E-state index contributed by atoms with van der Waals surface area (Å²) in [5.74, 6) is -0.0467. The molecule has 1 heterocycles. The molecule has 1 aromatic heterocycles. The van der Waals surface area contributed by atoms with Crippen LogP contribution in [-0.4, -0.2) is 21.1 Å². The number of nitrogens with zero attached hydrogens (tertiary/aromatic N) is 3. The Morgan fingerprint density at radius 2 is 1.86 bits per heavy atom. The number of carbonyl (C=O) groups excluding carboxylic acids is 1. The van der Waals surface area contributed by atoms with Gasteiger partial charge in [0.25, 0.3) is 11.6 Å². The molecule has 144 valence electrons. The second-order valence-corrected chi connectivity index (χ2v) is 6.48. The zero-order valence-electron chi connectivity index (χ0n) is 15.7. The van der Waals surface area contributed by atoms with Crippen LogP contribution < -0.4 is 0 Å². The molecule has 8 nitrogen and oxygen atoms in total. The monoisotopic (exact) mass is 381 g/mol. The van der Waals surface area contributed by atoms with Gasteiger partial charge in [0.15, 0.2) is 6.10 Å². The van der Waals surface area contributed by atoms with E-state index in [9.17, 15) is 14.9 Å². The Hall–Kier alpha value is -3.55. The van der Waals surface area contributed by atoms with Crippen LogP contribution in [0.5, 0.6) is 0 Å². The number of aromatic nitrogens is 2. The van der Waals surface area contributed by atoms with Gasteiger partial charge in [-0.2, -0.15) is 0 Å². The molecule has 3 aromatic rings. The van der Waals surface area contributed by atoms with Gasteiger partial charge < -0.3 is 9.15 Å². The number of aryl methyl sites for hydroxylation is 2. The minimum atomic E-state index is -0.710. The Morgan fingerprint density at radius 3 is 2.50 bits per heavy atom. The molecule has 28 heavy (non-hydrogen) atoms. The van der Waals surface area contributed by atoms with E-state index in [4.69, 9.17) is 9.15 Å². The van der Waals surface area contributed by atoms with E-state index in [-0.39, 0.29) is 23.9 Å². The summed E-state index contributed by atoms with van der Waals surface area (Å²) in [7, 11) is 0. The van der Waals surface area contributed by atoms with Gasteiger partial charge in [-0.25, -0.2) is 0 Å². The van der Waals surface area contributed by atoms with Crippen molar-refractivity contribution in [2.45, 2.75) is 33.3 Å². The SMILES string of the molecule is Cc1ccc(CC(=O)O[C@H](C)c2nnc(-c3ccc([N+](=O)[O-])cc3)o2)cc1C.